The minimum Gasteiger partial charge on any atom is -0.392 e. The third kappa shape index (κ3) is 5.24. The summed E-state index contributed by atoms with van der Waals surface area (Å²) >= 11 is 0. The molecule has 0 aromatic heterocycles. The van der Waals surface area contributed by atoms with E-state index in [9.17, 15) is 9.90 Å². The molecule has 0 aliphatic carbocycles. The molecule has 0 bridgehead atoms. The van der Waals surface area contributed by atoms with Gasteiger partial charge in [0, 0.05) is 26.1 Å². The number of likely N-dealkylation sites (tertiary alicyclic amines) is 1. The monoisotopic (exact) mass is 297 g/mol. The lowest BCUT2D eigenvalue weighted by Gasteiger charge is -2.35. The average Bonchev–Trinajstić information content (AvgIpc) is 2.49. The summed E-state index contributed by atoms with van der Waals surface area (Å²) in [6, 6.07) is 0. The number of aliphatic hydroxyl groups excluding tert-OH is 1. The summed E-state index contributed by atoms with van der Waals surface area (Å²) in [5, 5.41) is 12.7. The highest BCUT2D eigenvalue weighted by molar-refractivity contribution is 5.78. The molecule has 2 heterocycles. The quantitative estimate of drug-likeness (QED) is 0.777. The maximum atomic E-state index is 12.4. The topological polar surface area (TPSA) is 55.8 Å². The molecule has 2 N–H and O–H groups in total. The molecule has 2 saturated heterocycles. The van der Waals surface area contributed by atoms with Gasteiger partial charge in [-0.2, -0.15) is 0 Å². The molecule has 2 aliphatic heterocycles. The van der Waals surface area contributed by atoms with Crippen LogP contribution in [0.5, 0.6) is 0 Å². The van der Waals surface area contributed by atoms with Crippen molar-refractivity contribution in [3.63, 3.8) is 0 Å². The van der Waals surface area contributed by atoms with Crippen molar-refractivity contribution in [1.82, 2.24) is 15.1 Å². The first-order valence-corrected chi connectivity index (χ1v) is 8.42. The van der Waals surface area contributed by atoms with Gasteiger partial charge in [-0.15, -0.1) is 0 Å². The Hall–Kier alpha value is -0.650. The fourth-order valence-corrected chi connectivity index (χ4v) is 3.58. The van der Waals surface area contributed by atoms with Crippen molar-refractivity contribution in [2.45, 2.75) is 38.7 Å². The first-order chi connectivity index (χ1) is 10.1. The molecule has 1 unspecified atom stereocenters. The average molecular weight is 297 g/mol. The lowest BCUT2D eigenvalue weighted by atomic mass is 9.93. The smallest absolute Gasteiger partial charge is 0.225 e. The minimum absolute atomic E-state index is 0.228. The SMILES string of the molecule is CC(O)CN1CCC(CN(C)C(=O)C2CCNCC2)CC1. The molecule has 0 aromatic rings. The standard InChI is InChI=1S/C16H31N3O2/c1-13(20)11-19-9-5-14(6-10-19)12-18(2)16(21)15-3-7-17-8-4-15/h13-15,17,20H,3-12H2,1-2H3. The molecule has 0 spiro atoms. The van der Waals surface area contributed by atoms with Crippen LogP contribution < -0.4 is 5.32 Å². The third-order valence-corrected chi connectivity index (χ3v) is 4.83. The van der Waals surface area contributed by atoms with Crippen LogP contribution in [0.15, 0.2) is 0 Å². The van der Waals surface area contributed by atoms with E-state index in [1.165, 1.54) is 0 Å². The molecule has 5 nitrogen and oxygen atoms in total. The first kappa shape index (κ1) is 16.7. The van der Waals surface area contributed by atoms with Crippen molar-refractivity contribution in [3.05, 3.63) is 0 Å². The van der Waals surface area contributed by atoms with Crippen LogP contribution in [0.3, 0.4) is 0 Å². The molecule has 1 atom stereocenters. The molecule has 1 amide bonds. The predicted octanol–water partition coefficient (Wildman–Crippen LogP) is 0.537. The number of hydrogen-bond acceptors (Lipinski definition) is 4. The number of nitrogens with one attached hydrogen (secondary N) is 1. The Bertz CT molecular complexity index is 321. The van der Waals surface area contributed by atoms with E-state index in [1.807, 2.05) is 18.9 Å². The number of carbonyl (C=O) groups is 1. The summed E-state index contributed by atoms with van der Waals surface area (Å²) in [5.74, 6) is 1.18. The minimum atomic E-state index is -0.245. The van der Waals surface area contributed by atoms with E-state index in [1.54, 1.807) is 0 Å². The van der Waals surface area contributed by atoms with Crippen LogP contribution in [0.2, 0.25) is 0 Å². The molecule has 5 heteroatoms. The van der Waals surface area contributed by atoms with Gasteiger partial charge in [-0.25, -0.2) is 0 Å². The number of carbonyl (C=O) groups excluding carboxylic acids is 1. The number of amides is 1. The van der Waals surface area contributed by atoms with E-state index in [-0.39, 0.29) is 12.0 Å². The first-order valence-electron chi connectivity index (χ1n) is 8.42. The van der Waals surface area contributed by atoms with Crippen LogP contribution in [0.1, 0.15) is 32.6 Å². The number of aliphatic hydroxyl groups is 1. The summed E-state index contributed by atoms with van der Waals surface area (Å²) < 4.78 is 0. The normalized spacial score (nSPS) is 24.0. The van der Waals surface area contributed by atoms with Crippen molar-refractivity contribution in [2.75, 3.05) is 46.3 Å². The summed E-state index contributed by atoms with van der Waals surface area (Å²) in [4.78, 5) is 16.7. The maximum absolute atomic E-state index is 12.4. The number of piperidine rings is 2. The Balaban J connectivity index is 1.71. The summed E-state index contributed by atoms with van der Waals surface area (Å²) in [5.41, 5.74) is 0. The van der Waals surface area contributed by atoms with Crippen LogP contribution in [0.25, 0.3) is 0 Å². The lowest BCUT2D eigenvalue weighted by Crippen LogP contribution is -2.44. The zero-order valence-corrected chi connectivity index (χ0v) is 13.6. The third-order valence-electron chi connectivity index (χ3n) is 4.83. The van der Waals surface area contributed by atoms with Crippen LogP contribution in [0.4, 0.5) is 0 Å². The molecule has 2 fully saturated rings. The van der Waals surface area contributed by atoms with E-state index in [0.29, 0.717) is 11.8 Å². The Kier molecular flexibility index (Phi) is 6.45. The van der Waals surface area contributed by atoms with Crippen molar-refractivity contribution >= 4 is 5.91 Å². The Morgan fingerprint density at radius 3 is 2.48 bits per heavy atom. The number of rotatable bonds is 5. The van der Waals surface area contributed by atoms with Crippen molar-refractivity contribution in [2.24, 2.45) is 11.8 Å². The van der Waals surface area contributed by atoms with Gasteiger partial charge in [-0.1, -0.05) is 0 Å². The fourth-order valence-electron chi connectivity index (χ4n) is 3.58. The van der Waals surface area contributed by atoms with Gasteiger partial charge in [0.1, 0.15) is 0 Å². The van der Waals surface area contributed by atoms with Crippen LogP contribution >= 0.6 is 0 Å². The molecule has 2 rings (SSSR count). The highest BCUT2D eigenvalue weighted by Gasteiger charge is 2.27. The second-order valence-electron chi connectivity index (χ2n) is 6.84. The number of hydrogen-bond donors (Lipinski definition) is 2. The van der Waals surface area contributed by atoms with Gasteiger partial charge in [-0.3, -0.25) is 4.79 Å². The number of β-amino-alcohol motifs (C(OH)–C–C–N with tert-alkyl or cyclic N) is 1. The molecular formula is C16H31N3O2. The second-order valence-corrected chi connectivity index (χ2v) is 6.84. The molecule has 0 aromatic carbocycles. The fraction of sp³-hybridized carbons (Fsp3) is 0.938. The van der Waals surface area contributed by atoms with Gasteiger partial charge in [0.05, 0.1) is 6.10 Å². The molecule has 21 heavy (non-hydrogen) atoms. The zero-order valence-electron chi connectivity index (χ0n) is 13.6. The molecule has 2 aliphatic rings. The van der Waals surface area contributed by atoms with E-state index >= 15 is 0 Å². The van der Waals surface area contributed by atoms with Crippen LogP contribution in [-0.4, -0.2) is 73.2 Å². The van der Waals surface area contributed by atoms with Crippen LogP contribution in [0, 0.1) is 11.8 Å². The highest BCUT2D eigenvalue weighted by atomic mass is 16.3. The summed E-state index contributed by atoms with van der Waals surface area (Å²) in [7, 11) is 1.96. The van der Waals surface area contributed by atoms with Crippen molar-refractivity contribution in [3.8, 4) is 0 Å². The maximum Gasteiger partial charge on any atom is 0.225 e. The zero-order chi connectivity index (χ0) is 15.2. The molecule has 0 radical (unpaired) electrons. The van der Waals surface area contributed by atoms with Gasteiger partial charge in [0.25, 0.3) is 0 Å². The molecule has 0 saturated carbocycles. The second kappa shape index (κ2) is 8.11. The van der Waals surface area contributed by atoms with Gasteiger partial charge < -0.3 is 20.2 Å². The van der Waals surface area contributed by atoms with Gasteiger partial charge >= 0.3 is 0 Å². The van der Waals surface area contributed by atoms with E-state index in [4.69, 9.17) is 0 Å². The van der Waals surface area contributed by atoms with Gasteiger partial charge in [-0.05, 0) is 64.7 Å². The van der Waals surface area contributed by atoms with E-state index in [2.05, 4.69) is 10.2 Å². The summed E-state index contributed by atoms with van der Waals surface area (Å²) in [6.45, 7) is 7.55. The van der Waals surface area contributed by atoms with Crippen molar-refractivity contribution < 1.29 is 9.90 Å². The Labute approximate surface area is 128 Å². The number of nitrogens with zero attached hydrogens (tertiary/aromatic N) is 2. The van der Waals surface area contributed by atoms with Gasteiger partial charge in [0.15, 0.2) is 0 Å². The summed E-state index contributed by atoms with van der Waals surface area (Å²) in [6.07, 6.45) is 3.99. The highest BCUT2D eigenvalue weighted by Crippen LogP contribution is 2.20. The van der Waals surface area contributed by atoms with Crippen molar-refractivity contribution in [1.29, 1.82) is 0 Å². The van der Waals surface area contributed by atoms with Crippen LogP contribution in [-0.2, 0) is 4.79 Å². The van der Waals surface area contributed by atoms with E-state index < -0.39 is 0 Å². The largest absolute Gasteiger partial charge is 0.392 e. The van der Waals surface area contributed by atoms with E-state index in [0.717, 1.165) is 65.0 Å². The molecule has 122 valence electrons. The predicted molar refractivity (Wildman–Crippen MR) is 84.1 cm³/mol. The Morgan fingerprint density at radius 2 is 1.90 bits per heavy atom. The lowest BCUT2D eigenvalue weighted by molar-refractivity contribution is -0.135. The van der Waals surface area contributed by atoms with Gasteiger partial charge in [0.2, 0.25) is 5.91 Å². The Morgan fingerprint density at radius 1 is 1.29 bits per heavy atom. The molecular weight excluding hydrogens is 266 g/mol.